The van der Waals surface area contributed by atoms with E-state index >= 15 is 0 Å². The molecule has 8 nitrogen and oxygen atoms in total. The molecule has 3 aromatic rings. The molecule has 4 rings (SSSR count). The van der Waals surface area contributed by atoms with Crippen LogP contribution < -0.4 is 19.0 Å². The molecule has 3 aromatic carbocycles. The molecule has 1 unspecified atom stereocenters. The smallest absolute Gasteiger partial charge is 0.306 e. The van der Waals surface area contributed by atoms with Crippen molar-refractivity contribution in [3.63, 3.8) is 0 Å². The Hall–Kier alpha value is -3.56. The van der Waals surface area contributed by atoms with Crippen molar-refractivity contribution < 1.29 is 26.9 Å². The zero-order valence-corrected chi connectivity index (χ0v) is 22.1. The molecule has 0 saturated carbocycles. The second-order valence-corrected chi connectivity index (χ2v) is 10.6. The molecule has 0 fully saturated rings. The topological polar surface area (TPSA) is 94.2 Å². The van der Waals surface area contributed by atoms with E-state index in [9.17, 15) is 13.2 Å². The molecule has 0 saturated heterocycles. The third-order valence-corrected chi connectivity index (χ3v) is 6.88. The molecule has 9 heteroatoms. The Labute approximate surface area is 218 Å². The van der Waals surface area contributed by atoms with Gasteiger partial charge in [-0.2, -0.15) is 8.42 Å². The van der Waals surface area contributed by atoms with Crippen LogP contribution in [0.2, 0.25) is 0 Å². The number of ether oxygens (including phenoxy) is 2. The van der Waals surface area contributed by atoms with Crippen molar-refractivity contribution in [1.29, 1.82) is 0 Å². The van der Waals surface area contributed by atoms with E-state index in [0.29, 0.717) is 43.2 Å². The fraction of sp³-hybridized carbons (Fsp3) is 0.321. The number of hydrogen-bond donors (Lipinski definition) is 1. The van der Waals surface area contributed by atoms with Gasteiger partial charge in [0.05, 0.1) is 27.0 Å². The van der Waals surface area contributed by atoms with Crippen LogP contribution in [0.5, 0.6) is 17.2 Å². The number of carbonyl (C=O) groups excluding carboxylic acids is 1. The summed E-state index contributed by atoms with van der Waals surface area (Å²) in [6.45, 7) is 1.36. The number of rotatable bonds is 10. The predicted octanol–water partition coefficient (Wildman–Crippen LogP) is 3.50. The van der Waals surface area contributed by atoms with E-state index in [1.807, 2.05) is 54.6 Å². The van der Waals surface area contributed by atoms with Crippen molar-refractivity contribution in [3.05, 3.63) is 89.0 Å². The summed E-state index contributed by atoms with van der Waals surface area (Å²) in [5, 5.41) is 3.02. The first-order valence-electron chi connectivity index (χ1n) is 12.0. The van der Waals surface area contributed by atoms with Crippen LogP contribution in [0, 0.1) is 0 Å². The van der Waals surface area contributed by atoms with Gasteiger partial charge in [-0.25, -0.2) is 0 Å². The summed E-state index contributed by atoms with van der Waals surface area (Å²) < 4.78 is 39.2. The van der Waals surface area contributed by atoms with E-state index in [1.54, 1.807) is 26.4 Å². The van der Waals surface area contributed by atoms with E-state index in [1.165, 1.54) is 0 Å². The van der Waals surface area contributed by atoms with Gasteiger partial charge in [0, 0.05) is 19.1 Å². The summed E-state index contributed by atoms with van der Waals surface area (Å²) in [7, 11) is -0.426. The summed E-state index contributed by atoms with van der Waals surface area (Å²) in [4.78, 5) is 15.1. The molecule has 1 N–H and O–H groups in total. The molecule has 1 aliphatic rings. The van der Waals surface area contributed by atoms with E-state index < -0.39 is 10.1 Å². The predicted molar refractivity (Wildman–Crippen MR) is 141 cm³/mol. The van der Waals surface area contributed by atoms with Crippen LogP contribution in [-0.4, -0.2) is 52.8 Å². The number of amides is 1. The second kappa shape index (κ2) is 11.7. The lowest BCUT2D eigenvalue weighted by molar-refractivity contribution is -0.123. The Morgan fingerprint density at radius 3 is 2.43 bits per heavy atom. The average Bonchev–Trinajstić information content (AvgIpc) is 2.88. The Kier molecular flexibility index (Phi) is 8.35. The maximum atomic E-state index is 12.9. The molecule has 1 heterocycles. The molecule has 1 atom stereocenters. The Balaban J connectivity index is 1.58. The molecule has 37 heavy (non-hydrogen) atoms. The lowest BCUT2D eigenvalue weighted by Crippen LogP contribution is -2.43. The monoisotopic (exact) mass is 524 g/mol. The van der Waals surface area contributed by atoms with Gasteiger partial charge in [-0.05, 0) is 59.4 Å². The zero-order valence-electron chi connectivity index (χ0n) is 21.3. The largest absolute Gasteiger partial charge is 0.493 e. The Morgan fingerprint density at radius 1 is 0.973 bits per heavy atom. The number of carbonyl (C=O) groups is 1. The average molecular weight is 525 g/mol. The van der Waals surface area contributed by atoms with Crippen LogP contribution in [0.4, 0.5) is 0 Å². The van der Waals surface area contributed by atoms with Crippen molar-refractivity contribution >= 4 is 16.0 Å². The van der Waals surface area contributed by atoms with Gasteiger partial charge >= 0.3 is 10.1 Å². The van der Waals surface area contributed by atoms with Gasteiger partial charge in [-0.3, -0.25) is 9.69 Å². The molecule has 0 radical (unpaired) electrons. The zero-order chi connectivity index (χ0) is 26.4. The number of benzene rings is 3. The van der Waals surface area contributed by atoms with E-state index in [0.717, 1.165) is 28.5 Å². The van der Waals surface area contributed by atoms with Crippen molar-refractivity contribution in [2.24, 2.45) is 0 Å². The molecule has 196 valence electrons. The number of hydrogen-bond acceptors (Lipinski definition) is 7. The fourth-order valence-corrected chi connectivity index (χ4v) is 5.12. The number of methoxy groups -OCH3 is 2. The van der Waals surface area contributed by atoms with Gasteiger partial charge in [0.25, 0.3) is 0 Å². The first-order valence-corrected chi connectivity index (χ1v) is 13.8. The van der Waals surface area contributed by atoms with Crippen molar-refractivity contribution in [1.82, 2.24) is 10.2 Å². The van der Waals surface area contributed by atoms with E-state index in [2.05, 4.69) is 10.2 Å². The number of nitrogens with zero attached hydrogens (tertiary/aromatic N) is 1. The first kappa shape index (κ1) is 26.5. The van der Waals surface area contributed by atoms with Crippen LogP contribution >= 0.6 is 0 Å². The Morgan fingerprint density at radius 2 is 1.73 bits per heavy atom. The maximum absolute atomic E-state index is 12.9. The highest BCUT2D eigenvalue weighted by Gasteiger charge is 2.30. The summed E-state index contributed by atoms with van der Waals surface area (Å²) >= 11 is 0. The highest BCUT2D eigenvalue weighted by Crippen LogP contribution is 2.36. The van der Waals surface area contributed by atoms with Gasteiger partial charge in [0.1, 0.15) is 5.75 Å². The van der Waals surface area contributed by atoms with Gasteiger partial charge in [-0.1, -0.05) is 42.5 Å². The molecule has 0 aliphatic carbocycles. The minimum absolute atomic E-state index is 0.0540. The van der Waals surface area contributed by atoms with Crippen LogP contribution in [-0.2, 0) is 34.3 Å². The van der Waals surface area contributed by atoms with Crippen LogP contribution in [0.15, 0.2) is 66.7 Å². The third kappa shape index (κ3) is 7.02. The maximum Gasteiger partial charge on any atom is 0.306 e. The van der Waals surface area contributed by atoms with Crippen molar-refractivity contribution in [2.45, 2.75) is 25.4 Å². The van der Waals surface area contributed by atoms with Crippen LogP contribution in [0.25, 0.3) is 0 Å². The lowest BCUT2D eigenvalue weighted by atomic mass is 9.88. The third-order valence-electron chi connectivity index (χ3n) is 6.39. The summed E-state index contributed by atoms with van der Waals surface area (Å²) in [5.74, 6) is 1.52. The normalized spacial score (nSPS) is 15.5. The van der Waals surface area contributed by atoms with Gasteiger partial charge in [-0.15, -0.1) is 0 Å². The molecule has 0 aromatic heterocycles. The standard InChI is InChI=1S/C28H32N2O6S/c1-34-26-12-9-21(16-27(26)35-2)15-25-24-11-10-23(36-37(3,32)33)17-22(24)13-14-30(25)19-28(31)29-18-20-7-5-4-6-8-20/h4-12,16-17,25H,13-15,18-19H2,1-3H3,(H,29,31). The van der Waals surface area contributed by atoms with E-state index in [-0.39, 0.29) is 18.5 Å². The molecule has 1 amide bonds. The quantitative estimate of drug-likeness (QED) is 0.406. The van der Waals surface area contributed by atoms with Crippen LogP contribution in [0.1, 0.15) is 28.3 Å². The summed E-state index contributed by atoms with van der Waals surface area (Å²) in [6.07, 6.45) is 2.33. The molecule has 0 bridgehead atoms. The summed E-state index contributed by atoms with van der Waals surface area (Å²) in [6, 6.07) is 20.9. The highest BCUT2D eigenvalue weighted by atomic mass is 32.2. The second-order valence-electron chi connectivity index (χ2n) is 9.04. The van der Waals surface area contributed by atoms with Gasteiger partial charge in [0.2, 0.25) is 5.91 Å². The minimum atomic E-state index is -3.63. The number of fused-ring (bicyclic) bond motifs is 1. The van der Waals surface area contributed by atoms with Crippen LogP contribution in [0.3, 0.4) is 0 Å². The fourth-order valence-electron chi connectivity index (χ4n) is 4.66. The molecular weight excluding hydrogens is 492 g/mol. The van der Waals surface area contributed by atoms with Crippen molar-refractivity contribution in [3.8, 4) is 17.2 Å². The minimum Gasteiger partial charge on any atom is -0.493 e. The molecule has 0 spiro atoms. The molecule has 1 aliphatic heterocycles. The van der Waals surface area contributed by atoms with Gasteiger partial charge in [0.15, 0.2) is 11.5 Å². The van der Waals surface area contributed by atoms with Gasteiger partial charge < -0.3 is 19.0 Å². The number of nitrogens with one attached hydrogen (secondary N) is 1. The Bertz CT molecular complexity index is 1340. The van der Waals surface area contributed by atoms with Crippen molar-refractivity contribution in [2.75, 3.05) is 33.6 Å². The first-order chi connectivity index (χ1) is 17.8. The highest BCUT2D eigenvalue weighted by molar-refractivity contribution is 7.86. The molecular formula is C28H32N2O6S. The summed E-state index contributed by atoms with van der Waals surface area (Å²) in [5.41, 5.74) is 4.12. The SMILES string of the molecule is COc1ccc(CC2c3ccc(OS(C)(=O)=O)cc3CCN2CC(=O)NCc2ccccc2)cc1OC. The van der Waals surface area contributed by atoms with E-state index in [4.69, 9.17) is 13.7 Å². The lowest BCUT2D eigenvalue weighted by Gasteiger charge is -2.37.